The van der Waals surface area contributed by atoms with Gasteiger partial charge >= 0.3 is 0 Å². The summed E-state index contributed by atoms with van der Waals surface area (Å²) in [5, 5.41) is 0. The maximum atomic E-state index is 10.6. The van der Waals surface area contributed by atoms with Crippen molar-refractivity contribution in [3.05, 3.63) is 54.4 Å². The molecule has 1 amide bonds. The Bertz CT molecular complexity index is 524. The molecule has 98 valence electrons. The summed E-state index contributed by atoms with van der Waals surface area (Å²) in [6.07, 6.45) is 5.41. The van der Waals surface area contributed by atoms with Gasteiger partial charge in [0, 0.05) is 12.6 Å². The minimum atomic E-state index is -0.253. The fourth-order valence-corrected chi connectivity index (χ4v) is 1.73. The number of amides is 1. The Labute approximate surface area is 112 Å². The lowest BCUT2D eigenvalue weighted by atomic mass is 10.1. The topological polar surface area (TPSA) is 65.2 Å². The molecule has 2 N–H and O–H groups in total. The molecular formula is C15H16N2O2. The lowest BCUT2D eigenvalue weighted by Gasteiger charge is -2.06. The molecule has 0 aliphatic carbocycles. The molecule has 4 heteroatoms. The standard InChI is InChI=1S/C15H16N2O2/c16-15(18)5-1-3-12-6-8-13(9-7-12)19-14-4-2-10-17-11-14/h2,4,6-11H,1,3,5H2,(H2,16,18). The van der Waals surface area contributed by atoms with Crippen LogP contribution in [0.1, 0.15) is 18.4 Å². The Morgan fingerprint density at radius 1 is 1.16 bits per heavy atom. The molecule has 0 atom stereocenters. The van der Waals surface area contributed by atoms with Crippen molar-refractivity contribution in [2.24, 2.45) is 5.73 Å². The van der Waals surface area contributed by atoms with E-state index in [1.807, 2.05) is 36.4 Å². The van der Waals surface area contributed by atoms with Gasteiger partial charge in [0.15, 0.2) is 0 Å². The van der Waals surface area contributed by atoms with Crippen LogP contribution in [0, 0.1) is 0 Å². The van der Waals surface area contributed by atoms with Gasteiger partial charge < -0.3 is 10.5 Å². The highest BCUT2D eigenvalue weighted by Crippen LogP contribution is 2.20. The molecule has 1 aromatic carbocycles. The van der Waals surface area contributed by atoms with Gasteiger partial charge in [0.2, 0.25) is 5.91 Å². The third kappa shape index (κ3) is 4.43. The summed E-state index contributed by atoms with van der Waals surface area (Å²) >= 11 is 0. The Kier molecular flexibility index (Phi) is 4.50. The van der Waals surface area contributed by atoms with Gasteiger partial charge in [-0.3, -0.25) is 9.78 Å². The van der Waals surface area contributed by atoms with Crippen molar-refractivity contribution >= 4 is 5.91 Å². The average molecular weight is 256 g/mol. The number of nitrogens with two attached hydrogens (primary N) is 1. The number of aryl methyl sites for hydroxylation is 1. The van der Waals surface area contributed by atoms with E-state index in [9.17, 15) is 4.79 Å². The van der Waals surface area contributed by atoms with Crippen molar-refractivity contribution in [2.75, 3.05) is 0 Å². The van der Waals surface area contributed by atoms with E-state index >= 15 is 0 Å². The van der Waals surface area contributed by atoms with E-state index < -0.39 is 0 Å². The summed E-state index contributed by atoms with van der Waals surface area (Å²) in [5.41, 5.74) is 6.27. The maximum Gasteiger partial charge on any atom is 0.217 e. The summed E-state index contributed by atoms with van der Waals surface area (Å²) in [6, 6.07) is 11.5. The fourth-order valence-electron chi connectivity index (χ4n) is 1.73. The Balaban J connectivity index is 1.89. The first-order chi connectivity index (χ1) is 9.24. The van der Waals surface area contributed by atoms with E-state index in [4.69, 9.17) is 10.5 Å². The van der Waals surface area contributed by atoms with Crippen molar-refractivity contribution in [1.82, 2.24) is 4.98 Å². The van der Waals surface area contributed by atoms with Gasteiger partial charge in [-0.2, -0.15) is 0 Å². The summed E-state index contributed by atoms with van der Waals surface area (Å²) in [7, 11) is 0. The third-order valence-corrected chi connectivity index (χ3v) is 2.68. The third-order valence-electron chi connectivity index (χ3n) is 2.68. The van der Waals surface area contributed by atoms with E-state index in [1.165, 1.54) is 5.56 Å². The fraction of sp³-hybridized carbons (Fsp3) is 0.200. The molecule has 4 nitrogen and oxygen atoms in total. The van der Waals surface area contributed by atoms with Crippen LogP contribution in [0.25, 0.3) is 0 Å². The average Bonchev–Trinajstić information content (AvgIpc) is 2.42. The molecule has 19 heavy (non-hydrogen) atoms. The monoisotopic (exact) mass is 256 g/mol. The minimum absolute atomic E-state index is 0.253. The van der Waals surface area contributed by atoms with Crippen LogP contribution < -0.4 is 10.5 Å². The van der Waals surface area contributed by atoms with Gasteiger partial charge in [-0.25, -0.2) is 0 Å². The van der Waals surface area contributed by atoms with Crippen molar-refractivity contribution in [3.63, 3.8) is 0 Å². The zero-order valence-electron chi connectivity index (χ0n) is 10.6. The van der Waals surface area contributed by atoms with Gasteiger partial charge in [-0.1, -0.05) is 12.1 Å². The van der Waals surface area contributed by atoms with E-state index in [-0.39, 0.29) is 5.91 Å². The molecule has 2 rings (SSSR count). The molecule has 0 spiro atoms. The quantitative estimate of drug-likeness (QED) is 0.864. The highest BCUT2D eigenvalue weighted by Gasteiger charge is 1.99. The van der Waals surface area contributed by atoms with Crippen molar-refractivity contribution in [1.29, 1.82) is 0 Å². The van der Waals surface area contributed by atoms with Crippen molar-refractivity contribution in [3.8, 4) is 11.5 Å². The second-order valence-corrected chi connectivity index (χ2v) is 4.25. The second kappa shape index (κ2) is 6.54. The summed E-state index contributed by atoms with van der Waals surface area (Å²) in [4.78, 5) is 14.6. The zero-order chi connectivity index (χ0) is 13.5. The number of aromatic nitrogens is 1. The summed E-state index contributed by atoms with van der Waals surface area (Å²) in [6.45, 7) is 0. The summed E-state index contributed by atoms with van der Waals surface area (Å²) in [5.74, 6) is 1.23. The Hall–Kier alpha value is -2.36. The van der Waals surface area contributed by atoms with Crippen molar-refractivity contribution in [2.45, 2.75) is 19.3 Å². The van der Waals surface area contributed by atoms with E-state index in [1.54, 1.807) is 12.4 Å². The molecule has 0 radical (unpaired) electrons. The van der Waals surface area contributed by atoms with Crippen molar-refractivity contribution < 1.29 is 9.53 Å². The lowest BCUT2D eigenvalue weighted by Crippen LogP contribution is -2.10. The summed E-state index contributed by atoms with van der Waals surface area (Å²) < 4.78 is 5.64. The second-order valence-electron chi connectivity index (χ2n) is 4.25. The Morgan fingerprint density at radius 2 is 1.95 bits per heavy atom. The van der Waals surface area contributed by atoms with Crippen LogP contribution in [-0.2, 0) is 11.2 Å². The number of ether oxygens (including phenoxy) is 1. The van der Waals surface area contributed by atoms with Gasteiger partial charge in [-0.05, 0) is 42.7 Å². The molecular weight excluding hydrogens is 240 g/mol. The number of rotatable bonds is 6. The number of nitrogens with zero attached hydrogens (tertiary/aromatic N) is 1. The molecule has 2 aromatic rings. The largest absolute Gasteiger partial charge is 0.456 e. The number of hydrogen-bond donors (Lipinski definition) is 1. The lowest BCUT2D eigenvalue weighted by molar-refractivity contribution is -0.118. The van der Waals surface area contributed by atoms with Crippen LogP contribution in [-0.4, -0.2) is 10.9 Å². The van der Waals surface area contributed by atoms with Gasteiger partial charge in [0.05, 0.1) is 6.20 Å². The zero-order valence-corrected chi connectivity index (χ0v) is 10.6. The predicted molar refractivity (Wildman–Crippen MR) is 72.9 cm³/mol. The minimum Gasteiger partial charge on any atom is -0.456 e. The van der Waals surface area contributed by atoms with E-state index in [2.05, 4.69) is 4.98 Å². The van der Waals surface area contributed by atoms with Gasteiger partial charge in [0.1, 0.15) is 11.5 Å². The molecule has 0 fully saturated rings. The first kappa shape index (κ1) is 13.1. The van der Waals surface area contributed by atoms with Crippen LogP contribution in [0.15, 0.2) is 48.8 Å². The molecule has 0 saturated carbocycles. The molecule has 0 unspecified atom stereocenters. The molecule has 0 saturated heterocycles. The number of benzene rings is 1. The molecule has 1 aromatic heterocycles. The predicted octanol–water partition coefficient (Wildman–Crippen LogP) is 2.68. The first-order valence-electron chi connectivity index (χ1n) is 6.19. The molecule has 1 heterocycles. The number of hydrogen-bond acceptors (Lipinski definition) is 3. The molecule has 0 bridgehead atoms. The number of carbonyl (C=O) groups excluding carboxylic acids is 1. The normalized spacial score (nSPS) is 10.1. The number of primary amides is 1. The highest BCUT2D eigenvalue weighted by atomic mass is 16.5. The Morgan fingerprint density at radius 3 is 2.58 bits per heavy atom. The van der Waals surface area contributed by atoms with Gasteiger partial charge in [0.25, 0.3) is 0 Å². The van der Waals surface area contributed by atoms with Crippen LogP contribution >= 0.6 is 0 Å². The van der Waals surface area contributed by atoms with Gasteiger partial charge in [-0.15, -0.1) is 0 Å². The molecule has 0 aliphatic rings. The van der Waals surface area contributed by atoms with Crippen LogP contribution in [0.5, 0.6) is 11.5 Å². The van der Waals surface area contributed by atoms with Crippen LogP contribution in [0.3, 0.4) is 0 Å². The number of carbonyl (C=O) groups is 1. The first-order valence-corrected chi connectivity index (χ1v) is 6.19. The number of pyridine rings is 1. The van der Waals surface area contributed by atoms with Crippen LogP contribution in [0.2, 0.25) is 0 Å². The van der Waals surface area contributed by atoms with E-state index in [0.29, 0.717) is 12.2 Å². The van der Waals surface area contributed by atoms with Crippen LogP contribution in [0.4, 0.5) is 0 Å². The van der Waals surface area contributed by atoms with E-state index in [0.717, 1.165) is 18.6 Å². The highest BCUT2D eigenvalue weighted by molar-refractivity contribution is 5.73. The maximum absolute atomic E-state index is 10.6. The smallest absolute Gasteiger partial charge is 0.217 e. The SMILES string of the molecule is NC(=O)CCCc1ccc(Oc2cccnc2)cc1. The molecule has 0 aliphatic heterocycles.